The molecular weight excluding hydrogens is 344 g/mol. The first kappa shape index (κ1) is 13.2. The molecule has 0 aliphatic carbocycles. The SMILES string of the molecule is CN(Cc1cscn1)S(=O)(=O)c1ccc(Br)s1. The Labute approximate surface area is 116 Å². The first-order valence-electron chi connectivity index (χ1n) is 4.59. The Balaban J connectivity index is 2.21. The average molecular weight is 353 g/mol. The van der Waals surface area contributed by atoms with E-state index in [0.717, 1.165) is 9.48 Å². The molecule has 0 saturated carbocycles. The molecule has 0 atom stereocenters. The van der Waals surface area contributed by atoms with Gasteiger partial charge in [0.2, 0.25) is 0 Å². The van der Waals surface area contributed by atoms with E-state index >= 15 is 0 Å². The zero-order valence-corrected chi connectivity index (χ0v) is 12.9. The minimum atomic E-state index is -3.41. The van der Waals surface area contributed by atoms with Crippen molar-refractivity contribution in [2.45, 2.75) is 10.8 Å². The fourth-order valence-corrected chi connectivity index (χ4v) is 5.13. The fourth-order valence-electron chi connectivity index (χ4n) is 1.22. The van der Waals surface area contributed by atoms with E-state index in [1.807, 2.05) is 5.38 Å². The van der Waals surface area contributed by atoms with Crippen LogP contribution in [0.4, 0.5) is 0 Å². The van der Waals surface area contributed by atoms with Gasteiger partial charge >= 0.3 is 0 Å². The molecule has 0 spiro atoms. The minimum Gasteiger partial charge on any atom is -0.248 e. The number of rotatable bonds is 4. The largest absolute Gasteiger partial charge is 0.252 e. The summed E-state index contributed by atoms with van der Waals surface area (Å²) < 4.78 is 26.8. The Morgan fingerprint density at radius 1 is 1.47 bits per heavy atom. The lowest BCUT2D eigenvalue weighted by molar-refractivity contribution is 0.464. The summed E-state index contributed by atoms with van der Waals surface area (Å²) in [6.07, 6.45) is 0. The second kappa shape index (κ2) is 5.15. The number of thiazole rings is 1. The third-order valence-electron chi connectivity index (χ3n) is 2.08. The van der Waals surface area contributed by atoms with Crippen LogP contribution >= 0.6 is 38.6 Å². The highest BCUT2D eigenvalue weighted by atomic mass is 79.9. The van der Waals surface area contributed by atoms with Gasteiger partial charge in [-0.1, -0.05) is 0 Å². The summed E-state index contributed by atoms with van der Waals surface area (Å²) in [7, 11) is -1.85. The van der Waals surface area contributed by atoms with E-state index < -0.39 is 10.0 Å². The summed E-state index contributed by atoms with van der Waals surface area (Å²) in [5.41, 5.74) is 2.45. The van der Waals surface area contributed by atoms with Gasteiger partial charge in [0, 0.05) is 12.4 Å². The van der Waals surface area contributed by atoms with Gasteiger partial charge in [-0.2, -0.15) is 4.31 Å². The van der Waals surface area contributed by atoms with Crippen molar-refractivity contribution in [1.82, 2.24) is 9.29 Å². The van der Waals surface area contributed by atoms with Crippen LogP contribution in [-0.2, 0) is 16.6 Å². The van der Waals surface area contributed by atoms with E-state index in [0.29, 0.717) is 10.8 Å². The molecule has 0 radical (unpaired) electrons. The molecule has 0 fully saturated rings. The van der Waals surface area contributed by atoms with E-state index in [9.17, 15) is 8.42 Å². The van der Waals surface area contributed by atoms with Crippen LogP contribution in [0.5, 0.6) is 0 Å². The Hall–Kier alpha value is -0.280. The number of hydrogen-bond donors (Lipinski definition) is 0. The highest BCUT2D eigenvalue weighted by Gasteiger charge is 2.23. The number of thiophene rings is 1. The Morgan fingerprint density at radius 3 is 2.76 bits per heavy atom. The second-order valence-corrected chi connectivity index (χ2v) is 8.75. The molecule has 2 aromatic heterocycles. The zero-order valence-electron chi connectivity index (χ0n) is 8.83. The topological polar surface area (TPSA) is 50.3 Å². The van der Waals surface area contributed by atoms with Gasteiger partial charge in [-0.15, -0.1) is 22.7 Å². The summed E-state index contributed by atoms with van der Waals surface area (Å²) in [4.78, 5) is 4.08. The lowest BCUT2D eigenvalue weighted by Crippen LogP contribution is -2.25. The smallest absolute Gasteiger partial charge is 0.248 e. The molecule has 0 N–H and O–H groups in total. The zero-order chi connectivity index (χ0) is 12.5. The Bertz CT molecular complexity index is 592. The lowest BCUT2D eigenvalue weighted by Gasteiger charge is -2.14. The third kappa shape index (κ3) is 2.94. The molecule has 0 unspecified atom stereocenters. The maximum Gasteiger partial charge on any atom is 0.252 e. The number of halogens is 1. The molecule has 8 heteroatoms. The van der Waals surface area contributed by atoms with Crippen LogP contribution in [0.15, 0.2) is 31.0 Å². The molecule has 2 heterocycles. The first-order chi connectivity index (χ1) is 8.00. The summed E-state index contributed by atoms with van der Waals surface area (Å²) in [6.45, 7) is 0.293. The van der Waals surface area contributed by atoms with Crippen molar-refractivity contribution in [3.63, 3.8) is 0 Å². The van der Waals surface area contributed by atoms with Gasteiger partial charge in [-0.3, -0.25) is 0 Å². The predicted molar refractivity (Wildman–Crippen MR) is 72.8 cm³/mol. The van der Waals surface area contributed by atoms with Crippen LogP contribution in [-0.4, -0.2) is 24.8 Å². The molecule has 0 bridgehead atoms. The molecule has 2 rings (SSSR count). The lowest BCUT2D eigenvalue weighted by atomic mass is 10.5. The maximum atomic E-state index is 12.2. The molecular formula is C9H9BrN2O2S3. The van der Waals surface area contributed by atoms with E-state index in [4.69, 9.17) is 0 Å². The van der Waals surface area contributed by atoms with Gasteiger partial charge in [0.25, 0.3) is 10.0 Å². The number of hydrogen-bond acceptors (Lipinski definition) is 5. The molecule has 0 saturated heterocycles. The molecule has 0 aliphatic heterocycles. The average Bonchev–Trinajstić information content (AvgIpc) is 2.89. The third-order valence-corrected chi connectivity index (χ3v) is 6.61. The van der Waals surface area contributed by atoms with Crippen LogP contribution in [0.25, 0.3) is 0 Å². The van der Waals surface area contributed by atoms with Crippen molar-refractivity contribution in [3.8, 4) is 0 Å². The standard InChI is InChI=1S/C9H9BrN2O2S3/c1-12(4-7-5-15-6-11-7)17(13,14)9-3-2-8(10)16-9/h2-3,5-6H,4H2,1H3. The van der Waals surface area contributed by atoms with Crippen LogP contribution in [0, 0.1) is 0 Å². The van der Waals surface area contributed by atoms with Crippen LogP contribution in [0.3, 0.4) is 0 Å². The summed E-state index contributed by atoms with van der Waals surface area (Å²) in [6, 6.07) is 3.33. The van der Waals surface area contributed by atoms with Crippen molar-refractivity contribution in [1.29, 1.82) is 0 Å². The van der Waals surface area contributed by atoms with Crippen LogP contribution < -0.4 is 0 Å². The Morgan fingerprint density at radius 2 is 2.24 bits per heavy atom. The summed E-state index contributed by atoms with van der Waals surface area (Å²) in [5, 5.41) is 1.84. The van der Waals surface area contributed by atoms with Crippen LogP contribution in [0.1, 0.15) is 5.69 Å². The Kier molecular flexibility index (Phi) is 3.99. The molecule has 0 aromatic carbocycles. The summed E-state index contributed by atoms with van der Waals surface area (Å²) >= 11 is 5.92. The highest BCUT2D eigenvalue weighted by Crippen LogP contribution is 2.28. The minimum absolute atomic E-state index is 0.293. The normalized spacial score (nSPS) is 12.2. The van der Waals surface area contributed by atoms with E-state index in [1.165, 1.54) is 27.0 Å². The molecule has 92 valence electrons. The fraction of sp³-hybridized carbons (Fsp3) is 0.222. The van der Waals surface area contributed by atoms with Crippen LogP contribution in [0.2, 0.25) is 0 Å². The van der Waals surface area contributed by atoms with E-state index in [1.54, 1.807) is 24.7 Å². The van der Waals surface area contributed by atoms with Gasteiger partial charge < -0.3 is 0 Å². The number of sulfonamides is 1. The first-order valence-corrected chi connectivity index (χ1v) is 8.58. The molecule has 0 aliphatic rings. The molecule has 2 aromatic rings. The predicted octanol–water partition coefficient (Wildman–Crippen LogP) is 2.79. The van der Waals surface area contributed by atoms with E-state index in [2.05, 4.69) is 20.9 Å². The number of nitrogens with zero attached hydrogens (tertiary/aromatic N) is 2. The highest BCUT2D eigenvalue weighted by molar-refractivity contribution is 9.11. The molecule has 4 nitrogen and oxygen atoms in total. The van der Waals surface area contributed by atoms with Gasteiger partial charge in [0.1, 0.15) is 4.21 Å². The van der Waals surface area contributed by atoms with Gasteiger partial charge in [-0.05, 0) is 28.1 Å². The van der Waals surface area contributed by atoms with Crippen molar-refractivity contribution < 1.29 is 8.42 Å². The quantitative estimate of drug-likeness (QED) is 0.849. The van der Waals surface area contributed by atoms with Crippen molar-refractivity contribution in [2.24, 2.45) is 0 Å². The molecule has 17 heavy (non-hydrogen) atoms. The monoisotopic (exact) mass is 352 g/mol. The van der Waals surface area contributed by atoms with Gasteiger partial charge in [-0.25, -0.2) is 13.4 Å². The van der Waals surface area contributed by atoms with Crippen molar-refractivity contribution in [3.05, 3.63) is 32.5 Å². The van der Waals surface area contributed by atoms with Gasteiger partial charge in [0.05, 0.1) is 21.5 Å². The maximum absolute atomic E-state index is 12.2. The number of aromatic nitrogens is 1. The summed E-state index contributed by atoms with van der Waals surface area (Å²) in [5.74, 6) is 0. The molecule has 0 amide bonds. The second-order valence-electron chi connectivity index (χ2n) is 3.30. The van der Waals surface area contributed by atoms with Gasteiger partial charge in [0.15, 0.2) is 0 Å². The van der Waals surface area contributed by atoms with Crippen molar-refractivity contribution in [2.75, 3.05) is 7.05 Å². The van der Waals surface area contributed by atoms with E-state index in [-0.39, 0.29) is 0 Å². The van der Waals surface area contributed by atoms with Crippen molar-refractivity contribution >= 4 is 48.6 Å².